The first-order chi connectivity index (χ1) is 9.76. The minimum atomic E-state index is -4.48. The first-order valence-corrected chi connectivity index (χ1v) is 5.87. The fourth-order valence-corrected chi connectivity index (χ4v) is 1.84. The number of alkyl halides is 3. The van der Waals surface area contributed by atoms with E-state index in [-0.39, 0.29) is 5.56 Å². The maximum atomic E-state index is 12.3. The number of pyridine rings is 1. The van der Waals surface area contributed by atoms with Crippen molar-refractivity contribution in [2.24, 2.45) is 0 Å². The Balaban J connectivity index is 2.39. The van der Waals surface area contributed by atoms with Crippen LogP contribution in [0.3, 0.4) is 0 Å². The van der Waals surface area contributed by atoms with Gasteiger partial charge in [-0.2, -0.15) is 13.2 Å². The number of carboxylic acid groups (broad SMARTS) is 1. The van der Waals surface area contributed by atoms with Crippen molar-refractivity contribution in [2.75, 3.05) is 0 Å². The van der Waals surface area contributed by atoms with Gasteiger partial charge in [0.1, 0.15) is 6.54 Å². The second-order valence-corrected chi connectivity index (χ2v) is 4.38. The Bertz CT molecular complexity index is 735. The molecule has 2 aromatic rings. The summed E-state index contributed by atoms with van der Waals surface area (Å²) in [5.41, 5.74) is 0.0465. The Kier molecular flexibility index (Phi) is 3.84. The smallest absolute Gasteiger partial charge is 0.406 e. The Morgan fingerprint density at radius 2 is 1.81 bits per heavy atom. The number of nitrogens with zero attached hydrogens (tertiary/aromatic N) is 1. The van der Waals surface area contributed by atoms with E-state index in [2.05, 4.69) is 0 Å². The van der Waals surface area contributed by atoms with E-state index in [1.54, 1.807) is 6.07 Å². The van der Waals surface area contributed by atoms with Gasteiger partial charge in [0.15, 0.2) is 0 Å². The van der Waals surface area contributed by atoms with Crippen LogP contribution in [-0.4, -0.2) is 21.8 Å². The van der Waals surface area contributed by atoms with Crippen LogP contribution in [0.25, 0.3) is 11.1 Å². The third-order valence-corrected chi connectivity index (χ3v) is 2.79. The minimum Gasteiger partial charge on any atom is -0.478 e. The summed E-state index contributed by atoms with van der Waals surface area (Å²) in [6.45, 7) is -1.36. The highest BCUT2D eigenvalue weighted by Gasteiger charge is 2.28. The molecule has 4 nitrogen and oxygen atoms in total. The van der Waals surface area contributed by atoms with Gasteiger partial charge >= 0.3 is 12.1 Å². The zero-order valence-electron chi connectivity index (χ0n) is 10.6. The first-order valence-electron chi connectivity index (χ1n) is 5.87. The average molecular weight is 297 g/mol. The van der Waals surface area contributed by atoms with Gasteiger partial charge in [0.05, 0.1) is 5.56 Å². The molecule has 1 aromatic carbocycles. The molecule has 0 saturated carbocycles. The summed E-state index contributed by atoms with van der Waals surface area (Å²) in [6, 6.07) is 8.21. The lowest BCUT2D eigenvalue weighted by atomic mass is 10.0. The quantitative estimate of drug-likeness (QED) is 0.947. The zero-order valence-corrected chi connectivity index (χ0v) is 10.6. The number of hydrogen-bond donors (Lipinski definition) is 1. The van der Waals surface area contributed by atoms with Crippen LogP contribution in [0.15, 0.2) is 47.4 Å². The summed E-state index contributed by atoms with van der Waals surface area (Å²) in [6.07, 6.45) is -3.44. The number of aromatic nitrogens is 1. The highest BCUT2D eigenvalue weighted by atomic mass is 19.4. The average Bonchev–Trinajstić information content (AvgIpc) is 2.40. The second-order valence-electron chi connectivity index (χ2n) is 4.38. The van der Waals surface area contributed by atoms with Crippen LogP contribution in [0.5, 0.6) is 0 Å². The van der Waals surface area contributed by atoms with Crippen molar-refractivity contribution in [3.63, 3.8) is 0 Å². The van der Waals surface area contributed by atoms with Crippen LogP contribution >= 0.6 is 0 Å². The van der Waals surface area contributed by atoms with Gasteiger partial charge in [0, 0.05) is 12.3 Å². The highest BCUT2D eigenvalue weighted by molar-refractivity contribution is 5.89. The van der Waals surface area contributed by atoms with E-state index in [0.29, 0.717) is 15.7 Å². The molecule has 0 amide bonds. The molecule has 0 saturated heterocycles. The molecule has 0 atom stereocenters. The van der Waals surface area contributed by atoms with Crippen molar-refractivity contribution in [3.8, 4) is 11.1 Å². The normalized spacial score (nSPS) is 11.4. The number of aromatic carboxylic acids is 1. The lowest BCUT2D eigenvalue weighted by Crippen LogP contribution is -2.27. The summed E-state index contributed by atoms with van der Waals surface area (Å²) in [7, 11) is 0. The van der Waals surface area contributed by atoms with Crippen LogP contribution in [0.1, 0.15) is 10.4 Å². The predicted octanol–water partition coefficient (Wildman–Crippen LogP) is 2.78. The Labute approximate surface area is 117 Å². The van der Waals surface area contributed by atoms with E-state index >= 15 is 0 Å². The fourth-order valence-electron chi connectivity index (χ4n) is 1.84. The molecule has 0 unspecified atom stereocenters. The van der Waals surface area contributed by atoms with E-state index in [1.807, 2.05) is 0 Å². The van der Waals surface area contributed by atoms with Gasteiger partial charge in [-0.15, -0.1) is 0 Å². The minimum absolute atomic E-state index is 0.0342. The van der Waals surface area contributed by atoms with Gasteiger partial charge in [-0.25, -0.2) is 4.79 Å². The number of halogens is 3. The lowest BCUT2D eigenvalue weighted by Gasteiger charge is -2.10. The van der Waals surface area contributed by atoms with Gasteiger partial charge < -0.3 is 9.67 Å². The molecular formula is C14H10F3NO3. The third-order valence-electron chi connectivity index (χ3n) is 2.79. The van der Waals surface area contributed by atoms with Gasteiger partial charge in [-0.3, -0.25) is 4.79 Å². The van der Waals surface area contributed by atoms with Crippen molar-refractivity contribution < 1.29 is 23.1 Å². The van der Waals surface area contributed by atoms with Crippen molar-refractivity contribution in [3.05, 3.63) is 58.5 Å². The largest absolute Gasteiger partial charge is 0.478 e. The Morgan fingerprint density at radius 3 is 2.38 bits per heavy atom. The summed E-state index contributed by atoms with van der Waals surface area (Å²) < 4.78 is 37.3. The van der Waals surface area contributed by atoms with E-state index in [1.165, 1.54) is 24.3 Å². The van der Waals surface area contributed by atoms with Crippen LogP contribution < -0.4 is 5.56 Å². The standard InChI is InChI=1S/C14H10F3NO3/c15-14(16,17)8-18-5-4-10(7-12(18)19)9-2-1-3-11(6-9)13(20)21/h1-7H,8H2,(H,20,21). The molecule has 1 heterocycles. The summed E-state index contributed by atoms with van der Waals surface area (Å²) in [4.78, 5) is 22.5. The molecule has 21 heavy (non-hydrogen) atoms. The number of rotatable bonds is 3. The van der Waals surface area contributed by atoms with Gasteiger partial charge in [0.25, 0.3) is 5.56 Å². The lowest BCUT2D eigenvalue weighted by molar-refractivity contribution is -0.141. The van der Waals surface area contributed by atoms with Crippen molar-refractivity contribution in [1.29, 1.82) is 0 Å². The summed E-state index contributed by atoms with van der Waals surface area (Å²) >= 11 is 0. The summed E-state index contributed by atoms with van der Waals surface area (Å²) in [5, 5.41) is 8.89. The molecule has 0 bridgehead atoms. The number of carbonyl (C=O) groups is 1. The first kappa shape index (κ1) is 14.8. The molecule has 0 aliphatic rings. The third kappa shape index (κ3) is 3.71. The SMILES string of the molecule is O=C(O)c1cccc(-c2ccn(CC(F)(F)F)c(=O)c2)c1. The van der Waals surface area contributed by atoms with E-state index in [9.17, 15) is 22.8 Å². The van der Waals surface area contributed by atoms with Crippen LogP contribution in [0.4, 0.5) is 13.2 Å². The number of carboxylic acids is 1. The number of hydrogen-bond acceptors (Lipinski definition) is 2. The molecule has 1 aromatic heterocycles. The Hall–Kier alpha value is -2.57. The predicted molar refractivity (Wildman–Crippen MR) is 69.2 cm³/mol. The van der Waals surface area contributed by atoms with Crippen LogP contribution in [0.2, 0.25) is 0 Å². The van der Waals surface area contributed by atoms with Gasteiger partial charge in [-0.1, -0.05) is 12.1 Å². The van der Waals surface area contributed by atoms with Gasteiger partial charge in [0.2, 0.25) is 0 Å². The van der Waals surface area contributed by atoms with E-state index in [0.717, 1.165) is 12.3 Å². The van der Waals surface area contributed by atoms with Crippen LogP contribution in [0, 0.1) is 0 Å². The molecule has 0 spiro atoms. The van der Waals surface area contributed by atoms with Gasteiger partial charge in [-0.05, 0) is 29.3 Å². The molecule has 0 radical (unpaired) electrons. The highest BCUT2D eigenvalue weighted by Crippen LogP contribution is 2.20. The molecule has 0 aliphatic heterocycles. The second kappa shape index (κ2) is 5.43. The molecule has 1 N–H and O–H groups in total. The molecule has 2 rings (SSSR count). The maximum Gasteiger partial charge on any atom is 0.406 e. The number of benzene rings is 1. The summed E-state index contributed by atoms with van der Waals surface area (Å²) in [5.74, 6) is -1.12. The van der Waals surface area contributed by atoms with E-state index < -0.39 is 24.2 Å². The zero-order chi connectivity index (χ0) is 15.6. The monoisotopic (exact) mass is 297 g/mol. The molecule has 0 fully saturated rings. The van der Waals surface area contributed by atoms with Crippen molar-refractivity contribution in [2.45, 2.75) is 12.7 Å². The molecule has 7 heteroatoms. The topological polar surface area (TPSA) is 59.3 Å². The molecule has 110 valence electrons. The molecule has 0 aliphatic carbocycles. The molecular weight excluding hydrogens is 287 g/mol. The fraction of sp³-hybridized carbons (Fsp3) is 0.143. The maximum absolute atomic E-state index is 12.3. The van der Waals surface area contributed by atoms with Crippen molar-refractivity contribution >= 4 is 5.97 Å². The van der Waals surface area contributed by atoms with Crippen LogP contribution in [-0.2, 0) is 6.54 Å². The van der Waals surface area contributed by atoms with E-state index in [4.69, 9.17) is 5.11 Å². The Morgan fingerprint density at radius 1 is 1.14 bits per heavy atom. The van der Waals surface area contributed by atoms with Crippen molar-refractivity contribution in [1.82, 2.24) is 4.57 Å².